The fraction of sp³-hybridized carbons (Fsp3) is 1.00. The SMILES string of the molecule is CC(C)CN1CCC(CCOS(C)(=O)=O)CC1. The van der Waals surface area contributed by atoms with Crippen molar-refractivity contribution in [1.29, 1.82) is 0 Å². The van der Waals surface area contributed by atoms with Crippen LogP contribution in [0.25, 0.3) is 0 Å². The van der Waals surface area contributed by atoms with Gasteiger partial charge in [0.25, 0.3) is 10.1 Å². The van der Waals surface area contributed by atoms with Crippen LogP contribution in [-0.4, -0.2) is 45.8 Å². The van der Waals surface area contributed by atoms with Crippen LogP contribution in [0.1, 0.15) is 33.1 Å². The van der Waals surface area contributed by atoms with Crippen LogP contribution in [0.5, 0.6) is 0 Å². The number of hydrogen-bond acceptors (Lipinski definition) is 4. The number of likely N-dealkylation sites (tertiary alicyclic amines) is 1. The standard InChI is InChI=1S/C12H25NO3S/c1-11(2)10-13-7-4-12(5-8-13)6-9-16-17(3,14)15/h11-12H,4-10H2,1-3H3. The van der Waals surface area contributed by atoms with Crippen molar-refractivity contribution in [3.63, 3.8) is 0 Å². The maximum atomic E-state index is 10.8. The highest BCUT2D eigenvalue weighted by atomic mass is 32.2. The summed E-state index contributed by atoms with van der Waals surface area (Å²) in [4.78, 5) is 2.50. The highest BCUT2D eigenvalue weighted by Crippen LogP contribution is 2.21. The Bertz CT molecular complexity index is 306. The summed E-state index contributed by atoms with van der Waals surface area (Å²) in [6.07, 6.45) is 4.31. The van der Waals surface area contributed by atoms with Crippen LogP contribution >= 0.6 is 0 Å². The normalized spacial score (nSPS) is 20.0. The van der Waals surface area contributed by atoms with Gasteiger partial charge in [0, 0.05) is 6.54 Å². The molecule has 0 amide bonds. The Morgan fingerprint density at radius 2 is 1.88 bits per heavy atom. The third kappa shape index (κ3) is 7.01. The molecular weight excluding hydrogens is 238 g/mol. The van der Waals surface area contributed by atoms with Gasteiger partial charge in [0.1, 0.15) is 0 Å². The first-order chi connectivity index (χ1) is 7.87. The van der Waals surface area contributed by atoms with Crippen molar-refractivity contribution in [1.82, 2.24) is 4.90 Å². The molecule has 1 aliphatic heterocycles. The molecule has 0 unspecified atom stereocenters. The summed E-state index contributed by atoms with van der Waals surface area (Å²) in [5.74, 6) is 1.35. The summed E-state index contributed by atoms with van der Waals surface area (Å²) in [6, 6.07) is 0. The van der Waals surface area contributed by atoms with Gasteiger partial charge in [-0.3, -0.25) is 4.18 Å². The zero-order valence-electron chi connectivity index (χ0n) is 11.2. The number of piperidine rings is 1. The monoisotopic (exact) mass is 263 g/mol. The van der Waals surface area contributed by atoms with Gasteiger partial charge in [-0.15, -0.1) is 0 Å². The first-order valence-electron chi connectivity index (χ1n) is 6.43. The third-order valence-electron chi connectivity index (χ3n) is 3.15. The predicted molar refractivity (Wildman–Crippen MR) is 69.4 cm³/mol. The van der Waals surface area contributed by atoms with E-state index in [2.05, 4.69) is 18.7 Å². The average molecular weight is 263 g/mol. The van der Waals surface area contributed by atoms with E-state index in [1.165, 1.54) is 19.4 Å². The minimum Gasteiger partial charge on any atom is -0.303 e. The van der Waals surface area contributed by atoms with E-state index in [1.54, 1.807) is 0 Å². The fourth-order valence-electron chi connectivity index (χ4n) is 2.34. The van der Waals surface area contributed by atoms with Gasteiger partial charge in [-0.2, -0.15) is 8.42 Å². The molecule has 5 heteroatoms. The molecule has 0 saturated carbocycles. The molecule has 1 saturated heterocycles. The Labute approximate surface area is 105 Å². The molecule has 1 fully saturated rings. The molecule has 102 valence electrons. The molecule has 1 rings (SSSR count). The van der Waals surface area contributed by atoms with Crippen molar-refractivity contribution in [2.45, 2.75) is 33.1 Å². The first kappa shape index (κ1) is 14.9. The van der Waals surface area contributed by atoms with E-state index in [4.69, 9.17) is 4.18 Å². The Hall–Kier alpha value is -0.130. The van der Waals surface area contributed by atoms with E-state index < -0.39 is 10.1 Å². The average Bonchev–Trinajstić information content (AvgIpc) is 2.18. The Morgan fingerprint density at radius 3 is 2.35 bits per heavy atom. The van der Waals surface area contributed by atoms with E-state index in [1.807, 2.05) is 0 Å². The second-order valence-corrected chi connectivity index (χ2v) is 7.10. The summed E-state index contributed by atoms with van der Waals surface area (Å²) in [5, 5.41) is 0. The lowest BCUT2D eigenvalue weighted by atomic mass is 9.93. The number of nitrogens with zero attached hydrogens (tertiary/aromatic N) is 1. The minimum atomic E-state index is -3.26. The summed E-state index contributed by atoms with van der Waals surface area (Å²) < 4.78 is 26.4. The zero-order chi connectivity index (χ0) is 12.9. The largest absolute Gasteiger partial charge is 0.303 e. The van der Waals surface area contributed by atoms with Crippen LogP contribution in [0.3, 0.4) is 0 Å². The van der Waals surface area contributed by atoms with Crippen LogP contribution in [0.15, 0.2) is 0 Å². The van der Waals surface area contributed by atoms with Gasteiger partial charge >= 0.3 is 0 Å². The van der Waals surface area contributed by atoms with Gasteiger partial charge in [-0.05, 0) is 44.2 Å². The second kappa shape index (κ2) is 6.71. The maximum absolute atomic E-state index is 10.8. The molecule has 0 aliphatic carbocycles. The van der Waals surface area contributed by atoms with E-state index >= 15 is 0 Å². The molecule has 0 aromatic heterocycles. The summed E-state index contributed by atoms with van der Waals surface area (Å²) >= 11 is 0. The van der Waals surface area contributed by atoms with Crippen LogP contribution in [0.4, 0.5) is 0 Å². The molecule has 1 aliphatic rings. The quantitative estimate of drug-likeness (QED) is 0.685. The van der Waals surface area contributed by atoms with Crippen molar-refractivity contribution in [2.24, 2.45) is 11.8 Å². The van der Waals surface area contributed by atoms with Crippen molar-refractivity contribution in [3.05, 3.63) is 0 Å². The van der Waals surface area contributed by atoms with Crippen molar-refractivity contribution < 1.29 is 12.6 Å². The topological polar surface area (TPSA) is 46.6 Å². The van der Waals surface area contributed by atoms with E-state index in [9.17, 15) is 8.42 Å². The van der Waals surface area contributed by atoms with Gasteiger partial charge in [-0.25, -0.2) is 0 Å². The van der Waals surface area contributed by atoms with Gasteiger partial charge in [-0.1, -0.05) is 13.8 Å². The van der Waals surface area contributed by atoms with Crippen molar-refractivity contribution in [3.8, 4) is 0 Å². The number of hydrogen-bond donors (Lipinski definition) is 0. The van der Waals surface area contributed by atoms with Gasteiger partial charge in [0.15, 0.2) is 0 Å². The Kier molecular flexibility index (Phi) is 5.89. The minimum absolute atomic E-state index is 0.341. The van der Waals surface area contributed by atoms with Crippen molar-refractivity contribution >= 4 is 10.1 Å². The molecule has 0 spiro atoms. The first-order valence-corrected chi connectivity index (χ1v) is 8.25. The molecule has 17 heavy (non-hydrogen) atoms. The van der Waals surface area contributed by atoms with Crippen LogP contribution in [0.2, 0.25) is 0 Å². The van der Waals surface area contributed by atoms with Crippen LogP contribution in [0, 0.1) is 11.8 Å². The summed E-state index contributed by atoms with van der Waals surface area (Å²) in [7, 11) is -3.26. The second-order valence-electron chi connectivity index (χ2n) is 5.45. The summed E-state index contributed by atoms with van der Waals surface area (Å²) in [6.45, 7) is 8.28. The van der Waals surface area contributed by atoms with Gasteiger partial charge < -0.3 is 4.90 Å². The fourth-order valence-corrected chi connectivity index (χ4v) is 2.74. The lowest BCUT2D eigenvalue weighted by molar-refractivity contribution is 0.152. The highest BCUT2D eigenvalue weighted by molar-refractivity contribution is 7.85. The van der Waals surface area contributed by atoms with Gasteiger partial charge in [0.2, 0.25) is 0 Å². The molecule has 1 heterocycles. The lowest BCUT2D eigenvalue weighted by Gasteiger charge is -2.32. The van der Waals surface area contributed by atoms with E-state index in [0.29, 0.717) is 12.5 Å². The zero-order valence-corrected chi connectivity index (χ0v) is 12.0. The predicted octanol–water partition coefficient (Wildman–Crippen LogP) is 1.72. The maximum Gasteiger partial charge on any atom is 0.264 e. The summed E-state index contributed by atoms with van der Waals surface area (Å²) in [5.41, 5.74) is 0. The molecule has 0 bridgehead atoms. The Morgan fingerprint density at radius 1 is 1.29 bits per heavy atom. The molecule has 0 aromatic rings. The van der Waals surface area contributed by atoms with Crippen LogP contribution < -0.4 is 0 Å². The lowest BCUT2D eigenvalue weighted by Crippen LogP contribution is -2.36. The molecular formula is C12H25NO3S. The smallest absolute Gasteiger partial charge is 0.264 e. The van der Waals surface area contributed by atoms with E-state index in [-0.39, 0.29) is 0 Å². The molecule has 0 N–H and O–H groups in total. The van der Waals surface area contributed by atoms with Gasteiger partial charge in [0.05, 0.1) is 12.9 Å². The van der Waals surface area contributed by atoms with E-state index in [0.717, 1.165) is 31.7 Å². The number of rotatable bonds is 6. The third-order valence-corrected chi connectivity index (χ3v) is 3.75. The molecule has 0 aromatic carbocycles. The molecule has 0 atom stereocenters. The molecule has 0 radical (unpaired) electrons. The Balaban J connectivity index is 2.15. The highest BCUT2D eigenvalue weighted by Gasteiger charge is 2.19. The van der Waals surface area contributed by atoms with Crippen LogP contribution in [-0.2, 0) is 14.3 Å². The molecule has 4 nitrogen and oxygen atoms in total. The van der Waals surface area contributed by atoms with Crippen molar-refractivity contribution in [2.75, 3.05) is 32.5 Å².